The average Bonchev–Trinajstić information content (AvgIpc) is 2.59. The lowest BCUT2D eigenvalue weighted by molar-refractivity contribution is -0.0200. The molecule has 1 aromatic carbocycles. The monoisotopic (exact) mass is 444 g/mol. The molecule has 0 spiro atoms. The number of rotatable bonds is 7. The second-order valence-electron chi connectivity index (χ2n) is 7.44. The number of benzene rings is 1. The Bertz CT molecular complexity index is 785. The molecule has 3 atom stereocenters. The summed E-state index contributed by atoms with van der Waals surface area (Å²) in [5.74, 6) is -6.57. The van der Waals surface area contributed by atoms with E-state index in [0.717, 1.165) is 19.3 Å². The van der Waals surface area contributed by atoms with E-state index in [0.29, 0.717) is 29.5 Å². The van der Waals surface area contributed by atoms with Gasteiger partial charge in [-0.1, -0.05) is 20.8 Å². The molecule has 0 aromatic heterocycles. The maximum Gasteiger partial charge on any atom is 0.300 e. The normalized spacial score (nSPS) is 23.4. The number of hydrogen-bond donors (Lipinski definition) is 1. The molecular weight excluding hydrogens is 420 g/mol. The highest BCUT2D eigenvalue weighted by Crippen LogP contribution is 2.36. The van der Waals surface area contributed by atoms with E-state index in [1.54, 1.807) is 0 Å². The van der Waals surface area contributed by atoms with Crippen molar-refractivity contribution >= 4 is 21.9 Å². The van der Waals surface area contributed by atoms with Gasteiger partial charge in [-0.2, -0.15) is 8.42 Å². The summed E-state index contributed by atoms with van der Waals surface area (Å²) in [5.41, 5.74) is 0. The molecule has 0 radical (unpaired) electrons. The van der Waals surface area contributed by atoms with Crippen LogP contribution in [0.5, 0.6) is 0 Å². The average molecular weight is 445 g/mol. The Morgan fingerprint density at radius 1 is 1.11 bits per heavy atom. The minimum atomic E-state index is -5.45. The lowest BCUT2D eigenvalue weighted by atomic mass is 9.76. The second-order valence-corrected chi connectivity index (χ2v) is 9.90. The number of ether oxygens (including phenoxy) is 1. The first kappa shape index (κ1) is 23.4. The zero-order valence-corrected chi connectivity index (χ0v) is 17.5. The topological polar surface area (TPSA) is 63.6 Å². The van der Waals surface area contributed by atoms with Crippen LogP contribution in [0.15, 0.2) is 9.79 Å². The van der Waals surface area contributed by atoms with Crippen molar-refractivity contribution in [3.8, 4) is 0 Å². The van der Waals surface area contributed by atoms with Crippen molar-refractivity contribution in [3.05, 3.63) is 23.3 Å². The molecule has 1 aliphatic carbocycles. The van der Waals surface area contributed by atoms with Gasteiger partial charge in [0.1, 0.15) is 0 Å². The third-order valence-corrected chi connectivity index (χ3v) is 7.10. The van der Waals surface area contributed by atoms with Gasteiger partial charge in [-0.25, -0.2) is 17.6 Å². The van der Waals surface area contributed by atoms with Crippen LogP contribution in [0.25, 0.3) is 0 Å². The Morgan fingerprint density at radius 3 is 2.18 bits per heavy atom. The molecular formula is C18H24F4O4S2. The van der Waals surface area contributed by atoms with Crippen molar-refractivity contribution < 1.29 is 35.3 Å². The molecule has 160 valence electrons. The van der Waals surface area contributed by atoms with Crippen LogP contribution in [0, 0.1) is 41.0 Å². The van der Waals surface area contributed by atoms with E-state index in [2.05, 4.69) is 20.8 Å². The first-order valence-electron chi connectivity index (χ1n) is 9.02. The van der Waals surface area contributed by atoms with Gasteiger partial charge < -0.3 is 4.74 Å². The molecule has 0 saturated heterocycles. The summed E-state index contributed by atoms with van der Waals surface area (Å²) in [7, 11) is -5.45. The zero-order chi connectivity index (χ0) is 21.2. The van der Waals surface area contributed by atoms with Crippen molar-refractivity contribution in [3.63, 3.8) is 0 Å². The van der Waals surface area contributed by atoms with Crippen LogP contribution in [0.2, 0.25) is 0 Å². The van der Waals surface area contributed by atoms with Gasteiger partial charge in [0.15, 0.2) is 28.2 Å². The van der Waals surface area contributed by atoms with Crippen LogP contribution in [0.4, 0.5) is 17.6 Å². The molecule has 2 rings (SSSR count). The maximum absolute atomic E-state index is 14.0. The second kappa shape index (κ2) is 9.32. The summed E-state index contributed by atoms with van der Waals surface area (Å²) >= 11 is 0.487. The van der Waals surface area contributed by atoms with Crippen LogP contribution in [-0.2, 0) is 14.9 Å². The minimum absolute atomic E-state index is 0.00632. The van der Waals surface area contributed by atoms with E-state index in [9.17, 15) is 26.0 Å². The Kier molecular flexibility index (Phi) is 7.80. The van der Waals surface area contributed by atoms with Gasteiger partial charge in [0.05, 0.1) is 17.6 Å². The summed E-state index contributed by atoms with van der Waals surface area (Å²) in [6.07, 6.45) is 3.05. The molecule has 1 aromatic rings. The molecule has 10 heteroatoms. The summed E-state index contributed by atoms with van der Waals surface area (Å²) in [6, 6.07) is 0. The third-order valence-electron chi connectivity index (χ3n) is 5.21. The molecule has 4 nitrogen and oxygen atoms in total. The van der Waals surface area contributed by atoms with Crippen LogP contribution >= 0.6 is 11.8 Å². The Morgan fingerprint density at radius 2 is 1.68 bits per heavy atom. The van der Waals surface area contributed by atoms with E-state index >= 15 is 0 Å². The molecule has 1 saturated carbocycles. The SMILES string of the molecule is CC(C)[C@H]1CC[C@H](C)C(OCCSc2c(F)c(F)c(S(=O)(=O)O)c(F)c2F)C1. The standard InChI is InChI=1S/C18H24F4O4S2/c1-9(2)11-5-4-10(3)12(8-11)26-6-7-27-17-13(19)15(21)18(28(23,24)25)16(22)14(17)20/h9-12H,4-8H2,1-3H3,(H,23,24,25)/t10-,11-,12?/m0/s1. The molecule has 0 bridgehead atoms. The summed E-state index contributed by atoms with van der Waals surface area (Å²) < 4.78 is 92.1. The molecule has 1 unspecified atom stereocenters. The predicted octanol–water partition coefficient (Wildman–Crippen LogP) is 5.06. The van der Waals surface area contributed by atoms with Gasteiger partial charge in [-0.05, 0) is 37.0 Å². The zero-order valence-electron chi connectivity index (χ0n) is 15.8. The molecule has 1 fully saturated rings. The van der Waals surface area contributed by atoms with Crippen LogP contribution in [-0.4, -0.2) is 31.4 Å². The number of halogens is 4. The molecule has 0 heterocycles. The quantitative estimate of drug-likeness (QED) is 0.209. The molecule has 1 N–H and O–H groups in total. The van der Waals surface area contributed by atoms with E-state index in [1.165, 1.54) is 0 Å². The van der Waals surface area contributed by atoms with E-state index in [1.807, 2.05) is 0 Å². The van der Waals surface area contributed by atoms with Crippen molar-refractivity contribution in [2.24, 2.45) is 17.8 Å². The van der Waals surface area contributed by atoms with Crippen LogP contribution in [0.3, 0.4) is 0 Å². The fourth-order valence-corrected chi connectivity index (χ4v) is 4.89. The number of thioether (sulfide) groups is 1. The highest BCUT2D eigenvalue weighted by Gasteiger charge is 2.33. The smallest absolute Gasteiger partial charge is 0.300 e. The van der Waals surface area contributed by atoms with E-state index in [-0.39, 0.29) is 18.5 Å². The lowest BCUT2D eigenvalue weighted by Crippen LogP contribution is -2.32. The fraction of sp³-hybridized carbons (Fsp3) is 0.667. The Labute approximate surface area is 166 Å². The van der Waals surface area contributed by atoms with Crippen molar-refractivity contribution in [2.45, 2.75) is 55.9 Å². The fourth-order valence-electron chi connectivity index (χ4n) is 3.44. The summed E-state index contributed by atoms with van der Waals surface area (Å²) in [5, 5.41) is 0. The van der Waals surface area contributed by atoms with Gasteiger partial charge >= 0.3 is 10.1 Å². The van der Waals surface area contributed by atoms with Crippen LogP contribution < -0.4 is 0 Å². The highest BCUT2D eigenvalue weighted by molar-refractivity contribution is 7.99. The van der Waals surface area contributed by atoms with Gasteiger partial charge in [-0.3, -0.25) is 4.55 Å². The van der Waals surface area contributed by atoms with Gasteiger partial charge in [0.25, 0.3) is 0 Å². The van der Waals surface area contributed by atoms with Crippen molar-refractivity contribution in [1.82, 2.24) is 0 Å². The van der Waals surface area contributed by atoms with E-state index in [4.69, 9.17) is 9.29 Å². The molecule has 1 aliphatic rings. The van der Waals surface area contributed by atoms with Gasteiger partial charge in [-0.15, -0.1) is 11.8 Å². The number of hydrogen-bond acceptors (Lipinski definition) is 4. The first-order chi connectivity index (χ1) is 12.9. The van der Waals surface area contributed by atoms with Gasteiger partial charge in [0.2, 0.25) is 0 Å². The maximum atomic E-state index is 14.0. The Balaban J connectivity index is 2.04. The van der Waals surface area contributed by atoms with Gasteiger partial charge in [0, 0.05) is 5.75 Å². The van der Waals surface area contributed by atoms with Crippen molar-refractivity contribution in [1.29, 1.82) is 0 Å². The predicted molar refractivity (Wildman–Crippen MR) is 97.9 cm³/mol. The first-order valence-corrected chi connectivity index (χ1v) is 11.5. The largest absolute Gasteiger partial charge is 0.377 e. The minimum Gasteiger partial charge on any atom is -0.377 e. The molecule has 0 amide bonds. The summed E-state index contributed by atoms with van der Waals surface area (Å²) in [4.78, 5) is -3.01. The summed E-state index contributed by atoms with van der Waals surface area (Å²) in [6.45, 7) is 6.50. The highest BCUT2D eigenvalue weighted by atomic mass is 32.2. The van der Waals surface area contributed by atoms with Crippen molar-refractivity contribution in [2.75, 3.05) is 12.4 Å². The lowest BCUT2D eigenvalue weighted by Gasteiger charge is -2.36. The third kappa shape index (κ3) is 5.20. The van der Waals surface area contributed by atoms with Crippen LogP contribution in [0.1, 0.15) is 40.0 Å². The molecule has 0 aliphatic heterocycles. The van der Waals surface area contributed by atoms with E-state index < -0.39 is 43.2 Å². The molecule has 28 heavy (non-hydrogen) atoms. The Hall–Kier alpha value is -0.840.